The molecule has 0 bridgehead atoms. The molecule has 1 aromatic carbocycles. The van der Waals surface area contributed by atoms with Gasteiger partial charge in [-0.2, -0.15) is 4.98 Å². The Morgan fingerprint density at radius 3 is 2.70 bits per heavy atom. The smallest absolute Gasteiger partial charge is 0.306 e. The van der Waals surface area contributed by atoms with Crippen LogP contribution in [0, 0.1) is 6.92 Å². The van der Waals surface area contributed by atoms with Gasteiger partial charge >= 0.3 is 5.97 Å². The van der Waals surface area contributed by atoms with Crippen molar-refractivity contribution in [2.24, 2.45) is 0 Å². The first-order valence-electron chi connectivity index (χ1n) is 6.28. The number of hydrogen-bond acceptors (Lipinski definition) is 5. The van der Waals surface area contributed by atoms with Gasteiger partial charge in [-0.05, 0) is 38.0 Å². The van der Waals surface area contributed by atoms with E-state index in [1.807, 2.05) is 12.1 Å². The number of esters is 1. The Hall–Kier alpha value is -1.88. The molecule has 0 aliphatic heterocycles. The van der Waals surface area contributed by atoms with Crippen molar-refractivity contribution in [1.29, 1.82) is 0 Å². The van der Waals surface area contributed by atoms with Crippen LogP contribution >= 0.6 is 11.6 Å². The Morgan fingerprint density at radius 2 is 2.10 bits per heavy atom. The van der Waals surface area contributed by atoms with Crippen molar-refractivity contribution in [1.82, 2.24) is 10.1 Å². The van der Waals surface area contributed by atoms with Crippen LogP contribution in [0.1, 0.15) is 36.7 Å². The van der Waals surface area contributed by atoms with Crippen LogP contribution in [-0.4, -0.2) is 16.1 Å². The van der Waals surface area contributed by atoms with E-state index >= 15 is 0 Å². The minimum absolute atomic E-state index is 0.291. The van der Waals surface area contributed by atoms with Gasteiger partial charge < -0.3 is 9.26 Å². The quantitative estimate of drug-likeness (QED) is 0.792. The molecule has 1 aromatic heterocycles. The van der Waals surface area contributed by atoms with Crippen molar-refractivity contribution in [3.8, 4) is 0 Å². The number of aromatic nitrogens is 2. The van der Waals surface area contributed by atoms with Gasteiger partial charge in [-0.25, -0.2) is 0 Å². The normalized spacial score (nSPS) is 12.2. The third-order valence-corrected chi connectivity index (χ3v) is 2.98. The molecule has 1 atom stereocenters. The van der Waals surface area contributed by atoms with Gasteiger partial charge in [0.15, 0.2) is 11.9 Å². The highest BCUT2D eigenvalue weighted by Gasteiger charge is 2.17. The molecule has 0 radical (unpaired) electrons. The lowest BCUT2D eigenvalue weighted by Crippen LogP contribution is -2.10. The summed E-state index contributed by atoms with van der Waals surface area (Å²) in [7, 11) is 0. The lowest BCUT2D eigenvalue weighted by Gasteiger charge is -2.09. The molecular weight excluding hydrogens is 280 g/mol. The molecule has 106 valence electrons. The van der Waals surface area contributed by atoms with E-state index in [0.29, 0.717) is 29.6 Å². The van der Waals surface area contributed by atoms with Gasteiger partial charge in [0.2, 0.25) is 0 Å². The summed E-state index contributed by atoms with van der Waals surface area (Å²) in [6.07, 6.45) is 0.360. The molecule has 0 fully saturated rings. The van der Waals surface area contributed by atoms with Gasteiger partial charge in [-0.1, -0.05) is 28.9 Å². The Morgan fingerprint density at radius 1 is 1.40 bits per heavy atom. The SMILES string of the molecule is Cc1noc(C(C)OC(=O)CCc2ccc(Cl)cc2)n1. The van der Waals surface area contributed by atoms with E-state index < -0.39 is 6.10 Å². The van der Waals surface area contributed by atoms with Crippen molar-refractivity contribution in [3.63, 3.8) is 0 Å². The predicted octanol–water partition coefficient (Wildman–Crippen LogP) is 3.27. The van der Waals surface area contributed by atoms with E-state index in [-0.39, 0.29) is 5.97 Å². The topological polar surface area (TPSA) is 65.2 Å². The number of carbonyl (C=O) groups is 1. The zero-order valence-corrected chi connectivity index (χ0v) is 12.1. The molecule has 0 saturated carbocycles. The Balaban J connectivity index is 1.82. The van der Waals surface area contributed by atoms with Crippen LogP contribution in [0.4, 0.5) is 0 Å². The lowest BCUT2D eigenvalue weighted by atomic mass is 10.1. The molecule has 0 saturated heterocycles. The number of ether oxygens (including phenoxy) is 1. The van der Waals surface area contributed by atoms with E-state index in [1.165, 1.54) is 0 Å². The molecule has 2 rings (SSSR count). The summed E-state index contributed by atoms with van der Waals surface area (Å²) in [4.78, 5) is 15.8. The fraction of sp³-hybridized carbons (Fsp3) is 0.357. The second-order valence-corrected chi connectivity index (χ2v) is 4.87. The second kappa shape index (κ2) is 6.52. The van der Waals surface area contributed by atoms with Gasteiger partial charge in [0, 0.05) is 11.4 Å². The second-order valence-electron chi connectivity index (χ2n) is 4.44. The summed E-state index contributed by atoms with van der Waals surface area (Å²) in [5.41, 5.74) is 1.03. The molecule has 0 amide bonds. The van der Waals surface area contributed by atoms with Crippen LogP contribution in [-0.2, 0) is 16.0 Å². The molecule has 6 heteroatoms. The lowest BCUT2D eigenvalue weighted by molar-refractivity contribution is -0.149. The molecule has 20 heavy (non-hydrogen) atoms. The molecule has 0 spiro atoms. The minimum atomic E-state index is -0.533. The highest BCUT2D eigenvalue weighted by atomic mass is 35.5. The summed E-state index contributed by atoms with van der Waals surface area (Å²) in [6, 6.07) is 7.37. The maximum Gasteiger partial charge on any atom is 0.306 e. The van der Waals surface area contributed by atoms with Gasteiger partial charge in [0.25, 0.3) is 5.89 Å². The maximum absolute atomic E-state index is 11.7. The predicted molar refractivity (Wildman–Crippen MR) is 73.3 cm³/mol. The largest absolute Gasteiger partial charge is 0.453 e. The summed E-state index contributed by atoms with van der Waals surface area (Å²) in [5, 5.41) is 4.33. The van der Waals surface area contributed by atoms with Gasteiger partial charge in [0.05, 0.1) is 0 Å². The number of rotatable bonds is 5. The van der Waals surface area contributed by atoms with E-state index in [9.17, 15) is 4.79 Å². The average Bonchev–Trinajstić information content (AvgIpc) is 2.85. The number of aryl methyl sites for hydroxylation is 2. The monoisotopic (exact) mass is 294 g/mol. The van der Waals surface area contributed by atoms with Crippen LogP contribution in [0.5, 0.6) is 0 Å². The number of halogens is 1. The Labute approximate surface area is 121 Å². The number of hydrogen-bond donors (Lipinski definition) is 0. The van der Waals surface area contributed by atoms with Gasteiger partial charge in [-0.3, -0.25) is 4.79 Å². The van der Waals surface area contributed by atoms with E-state index in [1.54, 1.807) is 26.0 Å². The number of benzene rings is 1. The molecule has 1 heterocycles. The first kappa shape index (κ1) is 14.5. The molecular formula is C14H15ClN2O3. The van der Waals surface area contributed by atoms with Crippen LogP contribution in [0.15, 0.2) is 28.8 Å². The highest BCUT2D eigenvalue weighted by molar-refractivity contribution is 6.30. The van der Waals surface area contributed by atoms with Crippen LogP contribution in [0.2, 0.25) is 5.02 Å². The molecule has 0 aliphatic rings. The van der Waals surface area contributed by atoms with E-state index in [2.05, 4.69) is 10.1 Å². The zero-order valence-electron chi connectivity index (χ0n) is 11.3. The molecule has 0 aliphatic carbocycles. The standard InChI is InChI=1S/C14H15ClN2O3/c1-9(14-16-10(2)17-20-14)19-13(18)8-5-11-3-6-12(15)7-4-11/h3-4,6-7,9H,5,8H2,1-2H3. The van der Waals surface area contributed by atoms with Crippen molar-refractivity contribution in [3.05, 3.63) is 46.6 Å². The minimum Gasteiger partial charge on any atom is -0.453 e. The van der Waals surface area contributed by atoms with Crippen LogP contribution < -0.4 is 0 Å². The van der Waals surface area contributed by atoms with Gasteiger partial charge in [0.1, 0.15) is 0 Å². The Bertz CT molecular complexity index is 580. The van der Waals surface area contributed by atoms with E-state index in [4.69, 9.17) is 20.9 Å². The van der Waals surface area contributed by atoms with Crippen molar-refractivity contribution < 1.29 is 14.1 Å². The summed E-state index contributed by atoms with van der Waals surface area (Å²) in [5.74, 6) is 0.523. The van der Waals surface area contributed by atoms with Crippen molar-refractivity contribution in [2.75, 3.05) is 0 Å². The van der Waals surface area contributed by atoms with Crippen molar-refractivity contribution in [2.45, 2.75) is 32.8 Å². The summed E-state index contributed by atoms with van der Waals surface area (Å²) >= 11 is 5.80. The van der Waals surface area contributed by atoms with Crippen molar-refractivity contribution >= 4 is 17.6 Å². The van der Waals surface area contributed by atoms with Gasteiger partial charge in [-0.15, -0.1) is 0 Å². The highest BCUT2D eigenvalue weighted by Crippen LogP contribution is 2.16. The molecule has 2 aromatic rings. The molecule has 5 nitrogen and oxygen atoms in total. The zero-order chi connectivity index (χ0) is 14.5. The first-order chi connectivity index (χ1) is 9.54. The van der Waals surface area contributed by atoms with E-state index in [0.717, 1.165) is 5.56 Å². The maximum atomic E-state index is 11.7. The fourth-order valence-corrected chi connectivity index (χ4v) is 1.81. The molecule has 1 unspecified atom stereocenters. The third kappa shape index (κ3) is 4.06. The first-order valence-corrected chi connectivity index (χ1v) is 6.66. The summed E-state index contributed by atoms with van der Waals surface area (Å²) < 4.78 is 10.2. The van der Waals surface area contributed by atoms with Crippen LogP contribution in [0.25, 0.3) is 0 Å². The number of nitrogens with zero attached hydrogens (tertiary/aromatic N) is 2. The average molecular weight is 295 g/mol. The molecule has 0 N–H and O–H groups in total. The summed E-state index contributed by atoms with van der Waals surface area (Å²) in [6.45, 7) is 3.41. The fourth-order valence-electron chi connectivity index (χ4n) is 1.68. The third-order valence-electron chi connectivity index (χ3n) is 2.73. The van der Waals surface area contributed by atoms with Crippen LogP contribution in [0.3, 0.4) is 0 Å². The Kier molecular flexibility index (Phi) is 4.74. The number of carbonyl (C=O) groups excluding carboxylic acids is 1.